The van der Waals surface area contributed by atoms with Crippen LogP contribution < -0.4 is 25.0 Å². The lowest BCUT2D eigenvalue weighted by Gasteiger charge is -2.19. The molecule has 150 valence electrons. The second-order valence-corrected chi connectivity index (χ2v) is 6.41. The second-order valence-electron chi connectivity index (χ2n) is 6.41. The zero-order valence-corrected chi connectivity index (χ0v) is 17.1. The summed E-state index contributed by atoms with van der Waals surface area (Å²) in [4.78, 5) is 23.9. The Morgan fingerprint density at radius 2 is 1.79 bits per heavy atom. The van der Waals surface area contributed by atoms with E-state index in [0.717, 1.165) is 22.3 Å². The smallest absolute Gasteiger partial charge is 0.217 e. The standard InChI is InChI=1S/C21H23NO5.ClH/c1-12(23)22-17-9-8-13-10-18(25-2)20(26-3)21(27-4)19(13)15-7-5-6-14(24)11-16(15)17;/h5-7,10-11,17H,8-9H2,1-4H3,(H,22,23);1H/t17-;/m0./s1. The summed E-state index contributed by atoms with van der Waals surface area (Å²) in [6, 6.07) is 8.35. The predicted octanol–water partition coefficient (Wildman–Crippen LogP) is 3.28. The Balaban J connectivity index is 0.00000280. The van der Waals surface area contributed by atoms with E-state index in [9.17, 15) is 9.59 Å². The largest absolute Gasteiger partial charge is 0.493 e. The first kappa shape index (κ1) is 21.6. The minimum atomic E-state index is -0.272. The van der Waals surface area contributed by atoms with Crippen molar-refractivity contribution in [3.8, 4) is 28.4 Å². The van der Waals surface area contributed by atoms with Gasteiger partial charge in [-0.25, -0.2) is 0 Å². The maximum Gasteiger partial charge on any atom is 0.217 e. The van der Waals surface area contributed by atoms with Gasteiger partial charge >= 0.3 is 0 Å². The van der Waals surface area contributed by atoms with Gasteiger partial charge in [-0.1, -0.05) is 12.1 Å². The molecule has 0 saturated carbocycles. The maximum atomic E-state index is 12.2. The Kier molecular flexibility index (Phi) is 6.91. The molecule has 1 atom stereocenters. The molecule has 0 bridgehead atoms. The normalized spacial score (nSPS) is 14.5. The maximum absolute atomic E-state index is 12.2. The van der Waals surface area contributed by atoms with E-state index < -0.39 is 0 Å². The average molecular weight is 406 g/mol. The van der Waals surface area contributed by atoms with E-state index in [4.69, 9.17) is 14.2 Å². The lowest BCUT2D eigenvalue weighted by molar-refractivity contribution is -0.119. The molecule has 2 aromatic rings. The van der Waals surface area contributed by atoms with Crippen LogP contribution in [0.3, 0.4) is 0 Å². The molecular weight excluding hydrogens is 382 g/mol. The Hall–Kier alpha value is -2.73. The third-order valence-electron chi connectivity index (χ3n) is 4.77. The molecule has 0 spiro atoms. The summed E-state index contributed by atoms with van der Waals surface area (Å²) in [6.45, 7) is 1.48. The van der Waals surface area contributed by atoms with Gasteiger partial charge in [-0.2, -0.15) is 0 Å². The number of carbonyl (C=O) groups is 1. The molecule has 0 aliphatic heterocycles. The summed E-state index contributed by atoms with van der Waals surface area (Å²) in [5.41, 5.74) is 3.35. The van der Waals surface area contributed by atoms with Crippen molar-refractivity contribution in [2.24, 2.45) is 0 Å². The van der Waals surface area contributed by atoms with Crippen molar-refractivity contribution in [1.29, 1.82) is 0 Å². The molecule has 7 heteroatoms. The first-order valence-electron chi connectivity index (χ1n) is 8.73. The van der Waals surface area contributed by atoms with Crippen LogP contribution in [0, 0.1) is 0 Å². The number of amides is 1. The van der Waals surface area contributed by atoms with Gasteiger partial charge < -0.3 is 19.5 Å². The van der Waals surface area contributed by atoms with Crippen LogP contribution in [0.15, 0.2) is 35.1 Å². The Morgan fingerprint density at radius 3 is 2.39 bits per heavy atom. The highest BCUT2D eigenvalue weighted by molar-refractivity contribution is 5.85. The molecular formula is C21H24ClNO5. The number of carbonyl (C=O) groups excluding carboxylic acids is 1. The van der Waals surface area contributed by atoms with E-state index in [2.05, 4.69) is 5.32 Å². The molecule has 0 aromatic heterocycles. The number of rotatable bonds is 4. The summed E-state index contributed by atoms with van der Waals surface area (Å²) >= 11 is 0. The number of benzene rings is 1. The van der Waals surface area contributed by atoms with Crippen LogP contribution >= 0.6 is 12.4 Å². The minimum Gasteiger partial charge on any atom is -0.493 e. The molecule has 1 aliphatic carbocycles. The molecule has 1 amide bonds. The Bertz CT molecular complexity index is 945. The molecule has 0 saturated heterocycles. The predicted molar refractivity (Wildman–Crippen MR) is 110 cm³/mol. The van der Waals surface area contributed by atoms with Gasteiger partial charge in [0.1, 0.15) is 0 Å². The van der Waals surface area contributed by atoms with Crippen LogP contribution in [-0.4, -0.2) is 27.2 Å². The van der Waals surface area contributed by atoms with Crippen molar-refractivity contribution in [3.63, 3.8) is 0 Å². The van der Waals surface area contributed by atoms with Crippen LogP contribution in [0.2, 0.25) is 0 Å². The number of halogens is 1. The van der Waals surface area contributed by atoms with Crippen LogP contribution in [0.4, 0.5) is 0 Å². The van der Waals surface area contributed by atoms with Crippen LogP contribution in [0.25, 0.3) is 11.1 Å². The van der Waals surface area contributed by atoms with Crippen molar-refractivity contribution in [1.82, 2.24) is 5.32 Å². The van der Waals surface area contributed by atoms with Crippen molar-refractivity contribution < 1.29 is 19.0 Å². The zero-order valence-electron chi connectivity index (χ0n) is 16.3. The van der Waals surface area contributed by atoms with Crippen molar-refractivity contribution in [2.75, 3.05) is 21.3 Å². The number of nitrogens with one attached hydrogen (secondary N) is 1. The van der Waals surface area contributed by atoms with Gasteiger partial charge in [-0.3, -0.25) is 9.59 Å². The van der Waals surface area contributed by atoms with E-state index in [1.165, 1.54) is 13.0 Å². The van der Waals surface area contributed by atoms with E-state index in [1.807, 2.05) is 12.1 Å². The molecule has 0 fully saturated rings. The summed E-state index contributed by atoms with van der Waals surface area (Å²) in [5, 5.41) is 2.97. The molecule has 3 rings (SSSR count). The summed E-state index contributed by atoms with van der Waals surface area (Å²) < 4.78 is 16.7. The topological polar surface area (TPSA) is 73.9 Å². The van der Waals surface area contributed by atoms with E-state index >= 15 is 0 Å². The quantitative estimate of drug-likeness (QED) is 0.844. The first-order chi connectivity index (χ1) is 13.0. The lowest BCUT2D eigenvalue weighted by atomic mass is 9.95. The summed E-state index contributed by atoms with van der Waals surface area (Å²) in [5.74, 6) is 1.49. The van der Waals surface area contributed by atoms with Gasteiger partial charge in [-0.15, -0.1) is 12.4 Å². The van der Waals surface area contributed by atoms with Gasteiger partial charge in [0.25, 0.3) is 0 Å². The summed E-state index contributed by atoms with van der Waals surface area (Å²) in [6.07, 6.45) is 1.34. The van der Waals surface area contributed by atoms with E-state index in [0.29, 0.717) is 30.1 Å². The van der Waals surface area contributed by atoms with Crippen molar-refractivity contribution >= 4 is 18.3 Å². The molecule has 0 radical (unpaired) electrons. The highest BCUT2D eigenvalue weighted by atomic mass is 35.5. The highest BCUT2D eigenvalue weighted by Gasteiger charge is 2.28. The first-order valence-corrected chi connectivity index (χ1v) is 8.73. The van der Waals surface area contributed by atoms with Gasteiger partial charge in [0.2, 0.25) is 11.7 Å². The fraction of sp³-hybridized carbons (Fsp3) is 0.333. The number of fused-ring (bicyclic) bond motifs is 3. The molecule has 1 aliphatic rings. The van der Waals surface area contributed by atoms with Gasteiger partial charge in [0.15, 0.2) is 16.9 Å². The van der Waals surface area contributed by atoms with Crippen LogP contribution in [0.1, 0.15) is 30.5 Å². The zero-order chi connectivity index (χ0) is 19.6. The lowest BCUT2D eigenvalue weighted by Crippen LogP contribution is -2.26. The number of hydrogen-bond donors (Lipinski definition) is 1. The fourth-order valence-corrected chi connectivity index (χ4v) is 3.68. The number of ether oxygens (including phenoxy) is 3. The second kappa shape index (κ2) is 8.97. The molecule has 2 aromatic carbocycles. The highest BCUT2D eigenvalue weighted by Crippen LogP contribution is 2.50. The summed E-state index contributed by atoms with van der Waals surface area (Å²) in [7, 11) is 4.72. The van der Waals surface area contributed by atoms with Gasteiger partial charge in [0.05, 0.1) is 27.4 Å². The molecule has 1 N–H and O–H groups in total. The van der Waals surface area contributed by atoms with E-state index in [1.54, 1.807) is 33.5 Å². The third-order valence-corrected chi connectivity index (χ3v) is 4.77. The fourth-order valence-electron chi connectivity index (χ4n) is 3.68. The Labute approximate surface area is 170 Å². The Morgan fingerprint density at radius 1 is 1.07 bits per heavy atom. The van der Waals surface area contributed by atoms with Gasteiger partial charge in [0, 0.05) is 12.5 Å². The number of methoxy groups -OCH3 is 3. The average Bonchev–Trinajstić information content (AvgIpc) is 2.91. The minimum absolute atomic E-state index is 0. The number of hydrogen-bond acceptors (Lipinski definition) is 5. The third kappa shape index (κ3) is 3.92. The molecule has 6 nitrogen and oxygen atoms in total. The molecule has 28 heavy (non-hydrogen) atoms. The van der Waals surface area contributed by atoms with Crippen molar-refractivity contribution in [3.05, 3.63) is 51.7 Å². The van der Waals surface area contributed by atoms with Crippen molar-refractivity contribution in [2.45, 2.75) is 25.8 Å². The monoisotopic (exact) mass is 405 g/mol. The van der Waals surface area contributed by atoms with E-state index in [-0.39, 0.29) is 29.8 Å². The molecule has 0 unspecified atom stereocenters. The van der Waals surface area contributed by atoms with Crippen LogP contribution in [-0.2, 0) is 11.2 Å². The SMILES string of the molecule is COc1cc2c(c(OC)c1OC)-c1cccc(=O)cc1[C@@H](NC(C)=O)CC2.Cl. The van der Waals surface area contributed by atoms with Gasteiger partial charge in [-0.05, 0) is 47.7 Å². The molecule has 0 heterocycles. The van der Waals surface area contributed by atoms with Crippen LogP contribution in [0.5, 0.6) is 17.2 Å². The number of aryl methyl sites for hydroxylation is 1.